The van der Waals surface area contributed by atoms with Crippen LogP contribution in [0.5, 0.6) is 0 Å². The third-order valence-electron chi connectivity index (χ3n) is 4.38. The van der Waals surface area contributed by atoms with Gasteiger partial charge in [-0.1, -0.05) is 13.3 Å². The van der Waals surface area contributed by atoms with E-state index in [0.717, 1.165) is 19.0 Å². The van der Waals surface area contributed by atoms with Crippen LogP contribution in [0.3, 0.4) is 0 Å². The van der Waals surface area contributed by atoms with Gasteiger partial charge in [0.2, 0.25) is 0 Å². The molecule has 0 radical (unpaired) electrons. The molecule has 0 bridgehead atoms. The van der Waals surface area contributed by atoms with E-state index in [1.54, 1.807) is 0 Å². The lowest BCUT2D eigenvalue weighted by molar-refractivity contribution is 0.269. The first kappa shape index (κ1) is 10.3. The largest absolute Gasteiger partial charge is 0.334 e. The van der Waals surface area contributed by atoms with Crippen molar-refractivity contribution >= 4 is 0 Å². The van der Waals surface area contributed by atoms with Gasteiger partial charge in [-0.2, -0.15) is 0 Å². The lowest BCUT2D eigenvalue weighted by atomic mass is 9.83. The van der Waals surface area contributed by atoms with Gasteiger partial charge in [-0.25, -0.2) is 4.98 Å². The molecule has 1 aromatic rings. The Morgan fingerprint density at radius 2 is 2.44 bits per heavy atom. The zero-order chi connectivity index (χ0) is 11.0. The van der Waals surface area contributed by atoms with E-state index in [1.165, 1.54) is 37.9 Å². The maximum absolute atomic E-state index is 4.36. The molecule has 1 aliphatic heterocycles. The van der Waals surface area contributed by atoms with Crippen LogP contribution in [0.25, 0.3) is 0 Å². The Balaban J connectivity index is 1.80. The SMILES string of the molecule is CC1(c2cncn2CC2CCC2)CCNC1. The van der Waals surface area contributed by atoms with Crippen LogP contribution in [-0.4, -0.2) is 22.6 Å². The summed E-state index contributed by atoms with van der Waals surface area (Å²) in [6.45, 7) is 5.79. The van der Waals surface area contributed by atoms with E-state index < -0.39 is 0 Å². The maximum atomic E-state index is 4.36. The monoisotopic (exact) mass is 219 g/mol. The normalized spacial score (nSPS) is 30.6. The number of hydrogen-bond donors (Lipinski definition) is 1. The number of hydrogen-bond acceptors (Lipinski definition) is 2. The minimum atomic E-state index is 0.306. The minimum Gasteiger partial charge on any atom is -0.334 e. The highest BCUT2D eigenvalue weighted by Gasteiger charge is 2.33. The third-order valence-corrected chi connectivity index (χ3v) is 4.38. The van der Waals surface area contributed by atoms with Crippen LogP contribution in [0.1, 0.15) is 38.3 Å². The van der Waals surface area contributed by atoms with Gasteiger partial charge in [0.05, 0.1) is 6.33 Å². The standard InChI is InChI=1S/C13H21N3/c1-13(5-6-14-9-13)12-7-15-10-16(12)8-11-3-2-4-11/h7,10-11,14H,2-6,8-9H2,1H3. The van der Waals surface area contributed by atoms with Crippen molar-refractivity contribution in [2.75, 3.05) is 13.1 Å². The summed E-state index contributed by atoms with van der Waals surface area (Å²) in [6, 6.07) is 0. The van der Waals surface area contributed by atoms with E-state index in [1.807, 2.05) is 6.33 Å². The second kappa shape index (κ2) is 3.88. The van der Waals surface area contributed by atoms with Crippen molar-refractivity contribution in [2.24, 2.45) is 5.92 Å². The molecule has 2 heterocycles. The summed E-state index contributed by atoms with van der Waals surface area (Å²) < 4.78 is 2.40. The van der Waals surface area contributed by atoms with Crippen LogP contribution in [0.2, 0.25) is 0 Å². The van der Waals surface area contributed by atoms with E-state index in [-0.39, 0.29) is 0 Å². The molecule has 1 N–H and O–H groups in total. The lowest BCUT2D eigenvalue weighted by Gasteiger charge is -2.30. The fourth-order valence-corrected chi connectivity index (χ4v) is 2.96. The molecule has 3 nitrogen and oxygen atoms in total. The van der Waals surface area contributed by atoms with Crippen LogP contribution in [0, 0.1) is 5.92 Å². The number of nitrogens with one attached hydrogen (secondary N) is 1. The van der Waals surface area contributed by atoms with E-state index >= 15 is 0 Å². The molecule has 1 aliphatic carbocycles. The average molecular weight is 219 g/mol. The Labute approximate surface area is 97.3 Å². The minimum absolute atomic E-state index is 0.306. The average Bonchev–Trinajstić information content (AvgIpc) is 2.80. The maximum Gasteiger partial charge on any atom is 0.0948 e. The van der Waals surface area contributed by atoms with Gasteiger partial charge in [-0.15, -0.1) is 0 Å². The van der Waals surface area contributed by atoms with Gasteiger partial charge in [0.25, 0.3) is 0 Å². The van der Waals surface area contributed by atoms with Crippen LogP contribution in [0.4, 0.5) is 0 Å². The molecule has 0 amide bonds. The van der Waals surface area contributed by atoms with Crippen molar-refractivity contribution in [3.05, 3.63) is 18.2 Å². The first-order valence-corrected chi connectivity index (χ1v) is 6.49. The highest BCUT2D eigenvalue weighted by molar-refractivity contribution is 5.17. The van der Waals surface area contributed by atoms with E-state index in [0.29, 0.717) is 5.41 Å². The summed E-state index contributed by atoms with van der Waals surface area (Å²) in [5.41, 5.74) is 1.74. The van der Waals surface area contributed by atoms with Gasteiger partial charge in [0, 0.05) is 30.4 Å². The summed E-state index contributed by atoms with van der Waals surface area (Å²) in [5.74, 6) is 0.908. The number of rotatable bonds is 3. The second-order valence-corrected chi connectivity index (χ2v) is 5.72. The number of aromatic nitrogens is 2. The van der Waals surface area contributed by atoms with Crippen molar-refractivity contribution < 1.29 is 0 Å². The predicted molar refractivity (Wildman–Crippen MR) is 64.4 cm³/mol. The van der Waals surface area contributed by atoms with Crippen LogP contribution in [0.15, 0.2) is 12.5 Å². The molecule has 1 aromatic heterocycles. The fourth-order valence-electron chi connectivity index (χ4n) is 2.96. The summed E-state index contributed by atoms with van der Waals surface area (Å²) in [7, 11) is 0. The zero-order valence-electron chi connectivity index (χ0n) is 10.1. The molecule has 1 unspecified atom stereocenters. The highest BCUT2D eigenvalue weighted by atomic mass is 15.1. The fraction of sp³-hybridized carbons (Fsp3) is 0.769. The Morgan fingerprint density at radius 1 is 1.56 bits per heavy atom. The molecule has 16 heavy (non-hydrogen) atoms. The predicted octanol–water partition coefficient (Wildman–Crippen LogP) is 1.93. The van der Waals surface area contributed by atoms with Crippen LogP contribution < -0.4 is 5.32 Å². The van der Waals surface area contributed by atoms with Crippen molar-refractivity contribution in [1.82, 2.24) is 14.9 Å². The van der Waals surface area contributed by atoms with E-state index in [2.05, 4.69) is 28.0 Å². The molecule has 0 aromatic carbocycles. The zero-order valence-corrected chi connectivity index (χ0v) is 10.1. The Hall–Kier alpha value is -0.830. The topological polar surface area (TPSA) is 29.9 Å². The molecule has 0 spiro atoms. The lowest BCUT2D eigenvalue weighted by Crippen LogP contribution is -2.29. The van der Waals surface area contributed by atoms with Gasteiger partial charge < -0.3 is 9.88 Å². The Morgan fingerprint density at radius 3 is 3.06 bits per heavy atom. The summed E-state index contributed by atoms with van der Waals surface area (Å²) >= 11 is 0. The van der Waals surface area contributed by atoms with Crippen LogP contribution >= 0.6 is 0 Å². The number of nitrogens with zero attached hydrogens (tertiary/aromatic N) is 2. The molecule has 2 fully saturated rings. The van der Waals surface area contributed by atoms with Gasteiger partial charge in [0.1, 0.15) is 0 Å². The third kappa shape index (κ3) is 1.67. The molecular weight excluding hydrogens is 198 g/mol. The molecule has 3 heteroatoms. The van der Waals surface area contributed by atoms with Gasteiger partial charge in [0.15, 0.2) is 0 Å². The second-order valence-electron chi connectivity index (χ2n) is 5.72. The quantitative estimate of drug-likeness (QED) is 0.842. The molecule has 88 valence electrons. The van der Waals surface area contributed by atoms with Crippen LogP contribution in [-0.2, 0) is 12.0 Å². The smallest absolute Gasteiger partial charge is 0.0948 e. The summed E-state index contributed by atoms with van der Waals surface area (Å²) in [6.07, 6.45) is 9.58. The van der Waals surface area contributed by atoms with Crippen molar-refractivity contribution in [2.45, 2.75) is 44.6 Å². The Kier molecular flexibility index (Phi) is 2.51. The molecule has 3 rings (SSSR count). The molecule has 2 aliphatic rings. The summed E-state index contributed by atoms with van der Waals surface area (Å²) in [5, 5.41) is 3.47. The van der Waals surface area contributed by atoms with Gasteiger partial charge >= 0.3 is 0 Å². The molecule has 1 atom stereocenters. The van der Waals surface area contributed by atoms with Gasteiger partial charge in [-0.3, -0.25) is 0 Å². The highest BCUT2D eigenvalue weighted by Crippen LogP contribution is 2.33. The van der Waals surface area contributed by atoms with E-state index in [9.17, 15) is 0 Å². The summed E-state index contributed by atoms with van der Waals surface area (Å²) in [4.78, 5) is 4.36. The molecule has 1 saturated carbocycles. The van der Waals surface area contributed by atoms with Crippen molar-refractivity contribution in [1.29, 1.82) is 0 Å². The van der Waals surface area contributed by atoms with Crippen molar-refractivity contribution in [3.8, 4) is 0 Å². The van der Waals surface area contributed by atoms with Crippen molar-refractivity contribution in [3.63, 3.8) is 0 Å². The number of imidazole rings is 1. The first-order chi connectivity index (χ1) is 7.78. The van der Waals surface area contributed by atoms with Gasteiger partial charge in [-0.05, 0) is 31.7 Å². The molecule has 1 saturated heterocycles. The Bertz CT molecular complexity index is 359. The van der Waals surface area contributed by atoms with E-state index in [4.69, 9.17) is 0 Å². The first-order valence-electron chi connectivity index (χ1n) is 6.49. The molecular formula is C13H21N3.